The Kier molecular flexibility index (Phi) is 4.32. The predicted molar refractivity (Wildman–Crippen MR) is 76.3 cm³/mol. The normalized spacial score (nSPS) is 37.1. The predicted octanol–water partition coefficient (Wildman–Crippen LogP) is 1.96. The monoisotopic (exact) mass is 281 g/mol. The molecule has 1 N–H and O–H groups in total. The summed E-state index contributed by atoms with van der Waals surface area (Å²) in [5, 5.41) is 9.24. The number of carbonyl (C=O) groups is 1. The van der Waals surface area contributed by atoms with Crippen LogP contribution in [0.5, 0.6) is 0 Å². The molecule has 2 aliphatic heterocycles. The maximum Gasteiger partial charge on any atom is 0.223 e. The first-order chi connectivity index (χ1) is 9.73. The van der Waals surface area contributed by atoms with Gasteiger partial charge in [0.05, 0.1) is 0 Å². The van der Waals surface area contributed by atoms with Gasteiger partial charge in [-0.15, -0.1) is 0 Å². The summed E-state index contributed by atoms with van der Waals surface area (Å²) in [4.78, 5) is 14.6. The number of hydrogen-bond acceptors (Lipinski definition) is 3. The fraction of sp³-hybridized carbons (Fsp3) is 0.938. The molecular formula is C16H27NO3. The first-order valence-electron chi connectivity index (χ1n) is 8.22. The van der Waals surface area contributed by atoms with Gasteiger partial charge in [0.2, 0.25) is 5.91 Å². The van der Waals surface area contributed by atoms with Gasteiger partial charge in [0.15, 0.2) is 0 Å². The zero-order valence-electron chi connectivity index (χ0n) is 12.4. The fourth-order valence-electron chi connectivity index (χ4n) is 4.12. The number of hydrogen-bond donors (Lipinski definition) is 1. The Labute approximate surface area is 121 Å². The van der Waals surface area contributed by atoms with Crippen LogP contribution in [0.1, 0.15) is 51.4 Å². The number of carbonyl (C=O) groups excluding carboxylic acids is 1. The topological polar surface area (TPSA) is 49.8 Å². The molecule has 1 unspecified atom stereocenters. The number of aliphatic hydroxyl groups is 1. The minimum atomic E-state index is 0.162. The van der Waals surface area contributed by atoms with Crippen molar-refractivity contribution in [3.63, 3.8) is 0 Å². The van der Waals surface area contributed by atoms with Gasteiger partial charge in [-0.2, -0.15) is 0 Å². The van der Waals surface area contributed by atoms with E-state index in [0.717, 1.165) is 58.3 Å². The zero-order valence-corrected chi connectivity index (χ0v) is 12.4. The van der Waals surface area contributed by atoms with Gasteiger partial charge in [0.1, 0.15) is 0 Å². The molecule has 20 heavy (non-hydrogen) atoms. The number of nitrogens with zero attached hydrogens (tertiary/aromatic N) is 1. The van der Waals surface area contributed by atoms with Gasteiger partial charge in [-0.3, -0.25) is 4.79 Å². The van der Waals surface area contributed by atoms with Crippen molar-refractivity contribution in [1.29, 1.82) is 0 Å². The Morgan fingerprint density at radius 1 is 1.20 bits per heavy atom. The van der Waals surface area contributed by atoms with Crippen LogP contribution < -0.4 is 0 Å². The Morgan fingerprint density at radius 2 is 2.00 bits per heavy atom. The molecule has 1 aliphatic carbocycles. The number of likely N-dealkylation sites (tertiary alicyclic amines) is 1. The van der Waals surface area contributed by atoms with Crippen LogP contribution in [0.4, 0.5) is 0 Å². The summed E-state index contributed by atoms with van der Waals surface area (Å²) in [6, 6.07) is 0. The molecule has 4 heteroatoms. The van der Waals surface area contributed by atoms with Gasteiger partial charge in [0.25, 0.3) is 0 Å². The van der Waals surface area contributed by atoms with Crippen LogP contribution in [-0.4, -0.2) is 47.8 Å². The van der Waals surface area contributed by atoms with Gasteiger partial charge in [-0.05, 0) is 56.8 Å². The second kappa shape index (κ2) is 6.02. The highest BCUT2D eigenvalue weighted by molar-refractivity contribution is 5.78. The van der Waals surface area contributed by atoms with E-state index < -0.39 is 0 Å². The molecule has 0 aromatic carbocycles. The average Bonchev–Trinajstić information content (AvgIpc) is 2.97. The lowest BCUT2D eigenvalue weighted by Gasteiger charge is -2.56. The smallest absolute Gasteiger partial charge is 0.223 e. The first-order valence-corrected chi connectivity index (χ1v) is 8.22. The highest BCUT2D eigenvalue weighted by Crippen LogP contribution is 2.45. The largest absolute Gasteiger partial charge is 0.396 e. The molecule has 114 valence electrons. The first kappa shape index (κ1) is 14.3. The van der Waals surface area contributed by atoms with Crippen molar-refractivity contribution >= 4 is 5.91 Å². The third kappa shape index (κ3) is 2.73. The van der Waals surface area contributed by atoms with Crippen LogP contribution >= 0.6 is 0 Å². The molecule has 2 saturated heterocycles. The Balaban J connectivity index is 1.48. The van der Waals surface area contributed by atoms with Crippen molar-refractivity contribution in [1.82, 2.24) is 4.90 Å². The van der Waals surface area contributed by atoms with E-state index >= 15 is 0 Å². The van der Waals surface area contributed by atoms with E-state index in [2.05, 4.69) is 4.90 Å². The van der Waals surface area contributed by atoms with Crippen LogP contribution in [0.2, 0.25) is 0 Å². The zero-order chi connectivity index (χ0) is 14.0. The molecule has 3 aliphatic rings. The standard InChI is InChI=1S/C16H27NO3/c18-11-13-3-6-16(7-4-13)8-9-17(16)15(19)2-1-14-5-10-20-12-14/h13-14,18H,1-12H2. The van der Waals surface area contributed by atoms with E-state index in [1.165, 1.54) is 6.42 Å². The van der Waals surface area contributed by atoms with Crippen molar-refractivity contribution in [2.45, 2.75) is 56.9 Å². The van der Waals surface area contributed by atoms with Crippen LogP contribution in [-0.2, 0) is 9.53 Å². The van der Waals surface area contributed by atoms with Crippen molar-refractivity contribution in [2.75, 3.05) is 26.4 Å². The number of aliphatic hydroxyl groups excluding tert-OH is 1. The lowest BCUT2D eigenvalue weighted by Crippen LogP contribution is -2.63. The van der Waals surface area contributed by atoms with Crippen LogP contribution in [0, 0.1) is 11.8 Å². The fourth-order valence-corrected chi connectivity index (χ4v) is 4.12. The number of amides is 1. The van der Waals surface area contributed by atoms with Crippen molar-refractivity contribution in [3.8, 4) is 0 Å². The molecule has 2 heterocycles. The molecule has 0 bridgehead atoms. The van der Waals surface area contributed by atoms with Gasteiger partial charge >= 0.3 is 0 Å². The summed E-state index contributed by atoms with van der Waals surface area (Å²) in [5.41, 5.74) is 0.162. The minimum absolute atomic E-state index is 0.162. The van der Waals surface area contributed by atoms with E-state index in [1.54, 1.807) is 0 Å². The van der Waals surface area contributed by atoms with Crippen molar-refractivity contribution < 1.29 is 14.6 Å². The third-order valence-electron chi connectivity index (χ3n) is 5.76. The second-order valence-electron chi connectivity index (χ2n) is 6.91. The lowest BCUT2D eigenvalue weighted by molar-refractivity contribution is -0.152. The van der Waals surface area contributed by atoms with Crippen molar-refractivity contribution in [2.24, 2.45) is 11.8 Å². The third-order valence-corrected chi connectivity index (χ3v) is 5.76. The molecule has 0 aromatic heterocycles. The van der Waals surface area contributed by atoms with Crippen LogP contribution in [0.3, 0.4) is 0 Å². The van der Waals surface area contributed by atoms with Crippen molar-refractivity contribution in [3.05, 3.63) is 0 Å². The summed E-state index contributed by atoms with van der Waals surface area (Å²) in [5.74, 6) is 1.42. The van der Waals surface area contributed by atoms with Gasteiger partial charge in [-0.1, -0.05) is 0 Å². The maximum absolute atomic E-state index is 12.4. The summed E-state index contributed by atoms with van der Waals surface area (Å²) in [6.45, 7) is 2.97. The number of rotatable bonds is 4. The Morgan fingerprint density at radius 3 is 2.55 bits per heavy atom. The molecule has 0 aromatic rings. The quantitative estimate of drug-likeness (QED) is 0.857. The van der Waals surface area contributed by atoms with Gasteiger partial charge in [-0.25, -0.2) is 0 Å². The van der Waals surface area contributed by atoms with Crippen LogP contribution in [0.25, 0.3) is 0 Å². The van der Waals surface area contributed by atoms with E-state index in [4.69, 9.17) is 4.74 Å². The maximum atomic E-state index is 12.4. The Bertz CT molecular complexity index is 344. The summed E-state index contributed by atoms with van der Waals surface area (Å²) < 4.78 is 5.38. The molecule has 4 nitrogen and oxygen atoms in total. The van der Waals surface area contributed by atoms with E-state index in [1.807, 2.05) is 0 Å². The SMILES string of the molecule is O=C(CCC1CCOC1)N1CCC12CCC(CO)CC2. The highest BCUT2D eigenvalue weighted by Gasteiger charge is 2.48. The van der Waals surface area contributed by atoms with E-state index in [9.17, 15) is 9.90 Å². The number of ether oxygens (including phenoxy) is 1. The van der Waals surface area contributed by atoms with Gasteiger partial charge in [0, 0.05) is 38.3 Å². The summed E-state index contributed by atoms with van der Waals surface area (Å²) >= 11 is 0. The molecule has 1 saturated carbocycles. The van der Waals surface area contributed by atoms with E-state index in [-0.39, 0.29) is 5.54 Å². The average molecular weight is 281 g/mol. The lowest BCUT2D eigenvalue weighted by atomic mass is 9.69. The molecule has 1 atom stereocenters. The van der Waals surface area contributed by atoms with Crippen LogP contribution in [0.15, 0.2) is 0 Å². The Hall–Kier alpha value is -0.610. The molecule has 3 fully saturated rings. The second-order valence-corrected chi connectivity index (χ2v) is 6.91. The van der Waals surface area contributed by atoms with E-state index in [0.29, 0.717) is 30.8 Å². The molecule has 1 spiro atoms. The molecule has 1 amide bonds. The summed E-state index contributed by atoms with van der Waals surface area (Å²) in [6.07, 6.45) is 8.32. The highest BCUT2D eigenvalue weighted by atomic mass is 16.5. The van der Waals surface area contributed by atoms with Gasteiger partial charge < -0.3 is 14.7 Å². The molecule has 3 rings (SSSR count). The summed E-state index contributed by atoms with van der Waals surface area (Å²) in [7, 11) is 0. The molecular weight excluding hydrogens is 254 g/mol. The molecule has 0 radical (unpaired) electrons. The minimum Gasteiger partial charge on any atom is -0.396 e.